The lowest BCUT2D eigenvalue weighted by atomic mass is 9.80. The van der Waals surface area contributed by atoms with Crippen LogP contribution >= 0.6 is 0 Å². The molecule has 0 aliphatic rings. The second-order valence-electron chi connectivity index (χ2n) is 10.4. The van der Waals surface area contributed by atoms with Crippen molar-refractivity contribution in [3.8, 4) is 0 Å². The summed E-state index contributed by atoms with van der Waals surface area (Å²) in [6, 6.07) is 31.0. The summed E-state index contributed by atoms with van der Waals surface area (Å²) in [6.07, 6.45) is 3.50. The van der Waals surface area contributed by atoms with Crippen LogP contribution in [0.25, 0.3) is 0 Å². The van der Waals surface area contributed by atoms with Crippen LogP contribution in [0, 0.1) is 0 Å². The number of carbonyl (C=O) groups is 1. The molecule has 0 N–H and O–H groups in total. The fraction of sp³-hybridized carbons (Fsp3) is 0.486. The normalized spacial score (nSPS) is 11.5. The maximum atomic E-state index is 11.5. The van der Waals surface area contributed by atoms with Crippen LogP contribution in [0.2, 0.25) is 0 Å². The van der Waals surface area contributed by atoms with Gasteiger partial charge in [0.15, 0.2) is 0 Å². The van der Waals surface area contributed by atoms with Crippen molar-refractivity contribution in [2.45, 2.75) is 38.2 Å². The van der Waals surface area contributed by atoms with Gasteiger partial charge in [0.1, 0.15) is 12.2 Å². The minimum absolute atomic E-state index is 0.157. The van der Waals surface area contributed by atoms with Crippen LogP contribution in [-0.2, 0) is 43.6 Å². The second-order valence-corrected chi connectivity index (χ2v) is 10.4. The van der Waals surface area contributed by atoms with E-state index in [0.717, 1.165) is 36.0 Å². The summed E-state index contributed by atoms with van der Waals surface area (Å²) < 4.78 is 39.7. The number of carbonyl (C=O) groups excluding carboxylic acids is 1. The molecule has 246 valence electrons. The predicted molar refractivity (Wildman–Crippen MR) is 174 cm³/mol. The van der Waals surface area contributed by atoms with Crippen LogP contribution in [-0.4, -0.2) is 85.3 Å². The zero-order valence-electron chi connectivity index (χ0n) is 26.7. The fourth-order valence-electron chi connectivity index (χ4n) is 4.81. The smallest absolute Gasteiger partial charge is 0.305 e. The van der Waals surface area contributed by atoms with Crippen LogP contribution in [0.3, 0.4) is 0 Å². The Morgan fingerprint density at radius 1 is 0.489 bits per heavy atom. The average Bonchev–Trinajstić information content (AvgIpc) is 3.09. The quantitative estimate of drug-likeness (QED) is 0.0595. The van der Waals surface area contributed by atoms with Crippen molar-refractivity contribution in [1.82, 2.24) is 0 Å². The SMILES string of the molecule is CCCCCC(=O)OCCOCCOCCOCCOCCOCCOC(c1ccccc1)(c1ccccc1)c1ccccc1. The largest absolute Gasteiger partial charge is 0.463 e. The molecule has 0 unspecified atom stereocenters. The number of ether oxygens (including phenoxy) is 7. The third-order valence-electron chi connectivity index (χ3n) is 7.05. The number of benzene rings is 3. The predicted octanol–water partition coefficient (Wildman–Crippen LogP) is 6.20. The molecule has 3 aromatic rings. The van der Waals surface area contributed by atoms with Crippen molar-refractivity contribution >= 4 is 5.97 Å². The summed E-state index contributed by atoms with van der Waals surface area (Å²) in [5.74, 6) is -0.157. The fourth-order valence-corrected chi connectivity index (χ4v) is 4.81. The van der Waals surface area contributed by atoms with Gasteiger partial charge in [0.25, 0.3) is 0 Å². The molecule has 0 aliphatic heterocycles. The highest BCUT2D eigenvalue weighted by molar-refractivity contribution is 5.69. The van der Waals surface area contributed by atoms with E-state index in [1.165, 1.54) is 0 Å². The molecule has 0 saturated carbocycles. The molecule has 0 heterocycles. The molecule has 0 spiro atoms. The van der Waals surface area contributed by atoms with Crippen LogP contribution in [0.4, 0.5) is 0 Å². The van der Waals surface area contributed by atoms with Crippen molar-refractivity contribution in [3.63, 3.8) is 0 Å². The topological polar surface area (TPSA) is 81.7 Å². The van der Waals surface area contributed by atoms with Gasteiger partial charge in [0.05, 0.1) is 72.7 Å². The van der Waals surface area contributed by atoms with E-state index in [1.54, 1.807) is 0 Å². The summed E-state index contributed by atoms with van der Waals surface area (Å²) in [6.45, 7) is 7.43. The van der Waals surface area contributed by atoms with Gasteiger partial charge < -0.3 is 33.2 Å². The molecule has 3 rings (SSSR count). The van der Waals surface area contributed by atoms with Gasteiger partial charge in [-0.1, -0.05) is 111 Å². The molecule has 0 saturated heterocycles. The van der Waals surface area contributed by atoms with Gasteiger partial charge in [-0.2, -0.15) is 0 Å². The first-order valence-electron chi connectivity index (χ1n) is 16.1. The Kier molecular flexibility index (Phi) is 18.8. The van der Waals surface area contributed by atoms with Gasteiger partial charge >= 0.3 is 5.97 Å². The average molecular weight is 623 g/mol. The van der Waals surface area contributed by atoms with Crippen molar-refractivity contribution in [1.29, 1.82) is 0 Å². The third-order valence-corrected chi connectivity index (χ3v) is 7.05. The standard InChI is InChI=1S/C37H50O8/c1-2-3-7-20-36(38)44-31-29-42-27-25-40-23-21-39-22-24-41-26-28-43-30-32-45-37(33-14-8-4-9-15-33,34-16-10-5-11-17-34)35-18-12-6-13-19-35/h4-6,8-19H,2-3,7,20-32H2,1H3. The summed E-state index contributed by atoms with van der Waals surface area (Å²) >= 11 is 0. The van der Waals surface area contributed by atoms with Gasteiger partial charge in [-0.25, -0.2) is 0 Å². The molecule has 0 aliphatic carbocycles. The van der Waals surface area contributed by atoms with E-state index in [0.29, 0.717) is 79.1 Å². The molecule has 45 heavy (non-hydrogen) atoms. The zero-order valence-corrected chi connectivity index (χ0v) is 26.7. The van der Waals surface area contributed by atoms with E-state index in [-0.39, 0.29) is 12.6 Å². The van der Waals surface area contributed by atoms with E-state index in [1.807, 2.05) is 54.6 Å². The van der Waals surface area contributed by atoms with E-state index >= 15 is 0 Å². The lowest BCUT2D eigenvalue weighted by Gasteiger charge is -2.36. The minimum Gasteiger partial charge on any atom is -0.463 e. The molecule has 0 radical (unpaired) electrons. The first kappa shape index (κ1) is 36.4. The molecule has 0 amide bonds. The first-order valence-corrected chi connectivity index (χ1v) is 16.1. The molecular weight excluding hydrogens is 572 g/mol. The van der Waals surface area contributed by atoms with E-state index in [2.05, 4.69) is 43.3 Å². The molecule has 8 nitrogen and oxygen atoms in total. The summed E-state index contributed by atoms with van der Waals surface area (Å²) in [4.78, 5) is 11.5. The Labute approximate surface area is 268 Å². The van der Waals surface area contributed by atoms with Crippen molar-refractivity contribution in [3.05, 3.63) is 108 Å². The molecule has 0 aromatic heterocycles. The van der Waals surface area contributed by atoms with E-state index < -0.39 is 5.60 Å². The van der Waals surface area contributed by atoms with Gasteiger partial charge in [0.2, 0.25) is 0 Å². The van der Waals surface area contributed by atoms with Gasteiger partial charge in [0, 0.05) is 6.42 Å². The lowest BCUT2D eigenvalue weighted by Crippen LogP contribution is -2.34. The van der Waals surface area contributed by atoms with Crippen molar-refractivity contribution in [2.75, 3.05) is 79.3 Å². The Morgan fingerprint density at radius 3 is 1.22 bits per heavy atom. The second kappa shape index (κ2) is 23.3. The first-order chi connectivity index (χ1) is 22.3. The number of hydrogen-bond acceptors (Lipinski definition) is 8. The number of esters is 1. The van der Waals surface area contributed by atoms with E-state index in [4.69, 9.17) is 33.2 Å². The maximum Gasteiger partial charge on any atom is 0.305 e. The van der Waals surface area contributed by atoms with Gasteiger partial charge in [-0.15, -0.1) is 0 Å². The molecule has 0 bridgehead atoms. The summed E-state index contributed by atoms with van der Waals surface area (Å²) in [7, 11) is 0. The Bertz CT molecular complexity index is 1030. The summed E-state index contributed by atoms with van der Waals surface area (Å²) in [5, 5.41) is 0. The molecule has 0 atom stereocenters. The molecule has 3 aromatic carbocycles. The monoisotopic (exact) mass is 622 g/mol. The highest BCUT2D eigenvalue weighted by Crippen LogP contribution is 2.40. The van der Waals surface area contributed by atoms with Crippen LogP contribution < -0.4 is 0 Å². The van der Waals surface area contributed by atoms with Crippen molar-refractivity contribution < 1.29 is 38.0 Å². The summed E-state index contributed by atoms with van der Waals surface area (Å²) in [5.41, 5.74) is 2.45. The van der Waals surface area contributed by atoms with Crippen LogP contribution in [0.1, 0.15) is 49.3 Å². The van der Waals surface area contributed by atoms with Crippen LogP contribution in [0.15, 0.2) is 91.0 Å². The van der Waals surface area contributed by atoms with E-state index in [9.17, 15) is 4.79 Å². The number of unbranched alkanes of at least 4 members (excludes halogenated alkanes) is 2. The Balaban J connectivity index is 1.21. The number of rotatable bonds is 26. The molecule has 8 heteroatoms. The zero-order chi connectivity index (χ0) is 31.7. The number of hydrogen-bond donors (Lipinski definition) is 0. The molecular formula is C37H50O8. The lowest BCUT2D eigenvalue weighted by molar-refractivity contribution is -0.145. The third kappa shape index (κ3) is 13.8. The van der Waals surface area contributed by atoms with Crippen LogP contribution in [0.5, 0.6) is 0 Å². The minimum atomic E-state index is -0.748. The van der Waals surface area contributed by atoms with Gasteiger partial charge in [-0.3, -0.25) is 4.79 Å². The molecule has 0 fully saturated rings. The highest BCUT2D eigenvalue weighted by atomic mass is 16.6. The maximum absolute atomic E-state index is 11.5. The Hall–Kier alpha value is -3.11. The van der Waals surface area contributed by atoms with Crippen molar-refractivity contribution in [2.24, 2.45) is 0 Å². The highest BCUT2D eigenvalue weighted by Gasteiger charge is 2.37. The Morgan fingerprint density at radius 2 is 0.844 bits per heavy atom. The van der Waals surface area contributed by atoms with Gasteiger partial charge in [-0.05, 0) is 23.1 Å².